The number of halogens is 1. The molecule has 1 aliphatic rings. The Morgan fingerprint density at radius 1 is 1.00 bits per heavy atom. The van der Waals surface area contributed by atoms with Crippen LogP contribution in [0.4, 0.5) is 21.9 Å². The number of nitrogen functional groups attached to an aromatic ring is 1. The van der Waals surface area contributed by atoms with E-state index in [1.165, 1.54) is 11.9 Å². The topological polar surface area (TPSA) is 103 Å². The van der Waals surface area contributed by atoms with Gasteiger partial charge in [0.25, 0.3) is 5.56 Å². The predicted molar refractivity (Wildman–Crippen MR) is 180 cm³/mol. The summed E-state index contributed by atoms with van der Waals surface area (Å²) >= 11 is 7.30. The smallest absolute Gasteiger partial charge is 0.414 e. The average Bonchev–Trinajstić information content (AvgIpc) is 3.38. The lowest BCUT2D eigenvalue weighted by Crippen LogP contribution is -2.48. The summed E-state index contributed by atoms with van der Waals surface area (Å²) in [5.41, 5.74) is 10.4. The molecule has 1 aliphatic heterocycles. The van der Waals surface area contributed by atoms with E-state index in [4.69, 9.17) is 22.1 Å². The number of nitrogens with zero attached hydrogens (tertiary/aromatic N) is 4. The Morgan fingerprint density at radius 3 is 2.36 bits per heavy atom. The van der Waals surface area contributed by atoms with Crippen LogP contribution in [0.15, 0.2) is 64.5 Å². The van der Waals surface area contributed by atoms with Crippen LogP contribution < -0.4 is 21.1 Å². The first-order valence-electron chi connectivity index (χ1n) is 14.6. The highest BCUT2D eigenvalue weighted by molar-refractivity contribution is 7.98. The maximum Gasteiger partial charge on any atom is 0.414 e. The van der Waals surface area contributed by atoms with Crippen LogP contribution in [0.25, 0.3) is 22.0 Å². The number of amides is 2. The van der Waals surface area contributed by atoms with Gasteiger partial charge in [0.2, 0.25) is 5.91 Å². The van der Waals surface area contributed by atoms with E-state index in [-0.39, 0.29) is 18.0 Å². The number of fused-ring (bicyclic) bond motifs is 2. The molecule has 2 amide bonds. The number of alkyl halides is 1. The Bertz CT molecular complexity index is 1770. The maximum atomic E-state index is 13.4. The van der Waals surface area contributed by atoms with Gasteiger partial charge >= 0.3 is 6.09 Å². The van der Waals surface area contributed by atoms with Gasteiger partial charge in [0.15, 0.2) is 0 Å². The molecule has 0 fully saturated rings. The van der Waals surface area contributed by atoms with Gasteiger partial charge in [0, 0.05) is 71.9 Å². The third kappa shape index (κ3) is 6.46. The van der Waals surface area contributed by atoms with E-state index in [1.807, 2.05) is 74.3 Å². The third-order valence-electron chi connectivity index (χ3n) is 7.47. The zero-order valence-electron chi connectivity index (χ0n) is 25.7. The van der Waals surface area contributed by atoms with Gasteiger partial charge < -0.3 is 19.9 Å². The lowest BCUT2D eigenvalue weighted by molar-refractivity contribution is -0.118. The van der Waals surface area contributed by atoms with Gasteiger partial charge in [-0.25, -0.2) is 4.79 Å². The number of ether oxygens (including phenoxy) is 1. The van der Waals surface area contributed by atoms with Gasteiger partial charge in [-0.05, 0) is 82.8 Å². The molecule has 0 bridgehead atoms. The predicted octanol–water partition coefficient (Wildman–Crippen LogP) is 6.95. The molecule has 232 valence electrons. The van der Waals surface area contributed by atoms with E-state index in [1.54, 1.807) is 33.7 Å². The number of carbonyl (C=O) groups is 2. The van der Waals surface area contributed by atoms with Gasteiger partial charge in [0.1, 0.15) is 11.1 Å². The fraction of sp³-hybridized carbons (Fsp3) is 0.364. The summed E-state index contributed by atoms with van der Waals surface area (Å²) in [7, 11) is 1.71. The Morgan fingerprint density at radius 2 is 1.68 bits per heavy atom. The van der Waals surface area contributed by atoms with Gasteiger partial charge in [-0.15, -0.1) is 11.6 Å². The van der Waals surface area contributed by atoms with Gasteiger partial charge in [-0.1, -0.05) is 17.7 Å². The first-order valence-corrected chi connectivity index (χ1v) is 15.9. The first kappa shape index (κ1) is 31.5. The second-order valence-electron chi connectivity index (χ2n) is 12.0. The van der Waals surface area contributed by atoms with Crippen molar-refractivity contribution >= 4 is 63.5 Å². The zero-order valence-corrected chi connectivity index (χ0v) is 27.3. The summed E-state index contributed by atoms with van der Waals surface area (Å²) in [6.45, 7) is 8.06. The fourth-order valence-electron chi connectivity index (χ4n) is 5.30. The van der Waals surface area contributed by atoms with Crippen LogP contribution in [-0.4, -0.2) is 45.1 Å². The first-order chi connectivity index (χ1) is 20.9. The number of hydrogen-bond donors (Lipinski definition) is 1. The molecule has 0 aliphatic carbocycles. The summed E-state index contributed by atoms with van der Waals surface area (Å²) in [5, 5.41) is 0.730. The number of anilines is 3. The number of aromatic nitrogens is 2. The summed E-state index contributed by atoms with van der Waals surface area (Å²) in [4.78, 5) is 44.4. The van der Waals surface area contributed by atoms with E-state index >= 15 is 0 Å². The summed E-state index contributed by atoms with van der Waals surface area (Å²) in [6.07, 6.45) is 4.89. The normalized spacial score (nSPS) is 13.3. The molecule has 0 saturated heterocycles. The summed E-state index contributed by atoms with van der Waals surface area (Å²) in [6, 6.07) is 13.6. The zero-order chi connectivity index (χ0) is 31.8. The molecule has 9 nitrogen and oxygen atoms in total. The van der Waals surface area contributed by atoms with Crippen molar-refractivity contribution < 1.29 is 14.3 Å². The van der Waals surface area contributed by atoms with Crippen LogP contribution in [0.2, 0.25) is 0 Å². The van der Waals surface area contributed by atoms with Crippen molar-refractivity contribution in [3.8, 4) is 11.1 Å². The van der Waals surface area contributed by atoms with E-state index in [0.717, 1.165) is 27.8 Å². The van der Waals surface area contributed by atoms with Gasteiger partial charge in [0.05, 0.1) is 11.4 Å². The molecule has 5 rings (SSSR count). The third-order valence-corrected chi connectivity index (χ3v) is 8.72. The van der Waals surface area contributed by atoms with Crippen LogP contribution in [0.3, 0.4) is 0 Å². The minimum Gasteiger partial charge on any atom is -0.443 e. The average molecular weight is 636 g/mol. The number of nitrogens with two attached hydrogens (primary N) is 1. The van der Waals surface area contributed by atoms with E-state index in [9.17, 15) is 14.4 Å². The molecule has 44 heavy (non-hydrogen) atoms. The van der Waals surface area contributed by atoms with E-state index in [2.05, 4.69) is 0 Å². The Balaban J connectivity index is 1.63. The number of pyridine rings is 1. The number of carbonyl (C=O) groups excluding carboxylic acids is 2. The summed E-state index contributed by atoms with van der Waals surface area (Å²) < 4.78 is 9.16. The SMILES string of the molecule is Cc1ccc(Sn2ccc3c(-c4cc5c(cc4N)N(C(=O)CCCCCl)CCN5C(=O)OC(C)(C)C)cn(C)c(=O)c32)cc1. The molecule has 0 unspecified atom stereocenters. The molecule has 2 N–H and O–H groups in total. The number of rotatable bonds is 7. The lowest BCUT2D eigenvalue weighted by atomic mass is 9.98. The Hall–Kier alpha value is -3.89. The Kier molecular flexibility index (Phi) is 9.04. The van der Waals surface area contributed by atoms with Crippen LogP contribution in [0.1, 0.15) is 45.6 Å². The highest BCUT2D eigenvalue weighted by Crippen LogP contribution is 2.43. The van der Waals surface area contributed by atoms with Crippen molar-refractivity contribution in [3.63, 3.8) is 0 Å². The molecule has 2 aromatic carbocycles. The molecule has 11 heteroatoms. The van der Waals surface area contributed by atoms with Crippen LogP contribution in [0, 0.1) is 6.92 Å². The second kappa shape index (κ2) is 12.6. The number of hydrogen-bond acceptors (Lipinski definition) is 6. The largest absolute Gasteiger partial charge is 0.443 e. The standard InChI is InChI=1S/C33H38ClN5O4S/c1-21-9-11-22(12-10-21)44-39-15-13-23-25(20-36(5)31(41)30(23)39)24-18-27-28(19-26(24)35)37(29(40)8-6-7-14-34)16-17-38(27)32(42)43-33(2,3)4/h9-13,15,18-20H,6-8,14,16-17,35H2,1-5H3. The molecular formula is C33H38ClN5O4S. The maximum absolute atomic E-state index is 13.4. The monoisotopic (exact) mass is 635 g/mol. The fourth-order valence-corrected chi connectivity index (χ4v) is 6.37. The number of benzene rings is 2. The molecule has 0 atom stereocenters. The Labute approximate surface area is 266 Å². The number of aryl methyl sites for hydroxylation is 2. The quantitative estimate of drug-likeness (QED) is 0.134. The van der Waals surface area contributed by atoms with Crippen molar-refractivity contribution in [2.45, 2.75) is 57.5 Å². The van der Waals surface area contributed by atoms with Gasteiger partial charge in [-0.3, -0.25) is 18.5 Å². The molecule has 4 aromatic rings. The molecule has 0 spiro atoms. The van der Waals surface area contributed by atoms with Crippen LogP contribution >= 0.6 is 23.5 Å². The highest BCUT2D eigenvalue weighted by atomic mass is 35.5. The van der Waals surface area contributed by atoms with Crippen molar-refractivity contribution in [3.05, 3.63) is 70.8 Å². The molecule has 3 heterocycles. The van der Waals surface area contributed by atoms with Crippen molar-refractivity contribution in [2.24, 2.45) is 7.05 Å². The van der Waals surface area contributed by atoms with Crippen molar-refractivity contribution in [1.29, 1.82) is 0 Å². The molecule has 2 aromatic heterocycles. The molecule has 0 saturated carbocycles. The second-order valence-corrected chi connectivity index (χ2v) is 13.4. The molecular weight excluding hydrogens is 598 g/mol. The van der Waals surface area contributed by atoms with Gasteiger partial charge in [-0.2, -0.15) is 0 Å². The van der Waals surface area contributed by atoms with Crippen molar-refractivity contribution in [1.82, 2.24) is 8.54 Å². The van der Waals surface area contributed by atoms with Crippen LogP contribution in [0.5, 0.6) is 0 Å². The molecule has 0 radical (unpaired) electrons. The van der Waals surface area contributed by atoms with Crippen LogP contribution in [-0.2, 0) is 16.6 Å². The lowest BCUT2D eigenvalue weighted by Gasteiger charge is -2.38. The van der Waals surface area contributed by atoms with Crippen molar-refractivity contribution in [2.75, 3.05) is 34.5 Å². The number of unbranched alkanes of at least 4 members (excludes halogenated alkanes) is 1. The highest BCUT2D eigenvalue weighted by Gasteiger charge is 2.34. The minimum atomic E-state index is -0.704. The van der Waals surface area contributed by atoms with E-state index in [0.29, 0.717) is 53.4 Å². The minimum absolute atomic E-state index is 0.0536. The summed E-state index contributed by atoms with van der Waals surface area (Å²) in [5.74, 6) is 0.438. The van der Waals surface area contributed by atoms with E-state index < -0.39 is 11.7 Å².